The van der Waals surface area contributed by atoms with Crippen LogP contribution in [0.5, 0.6) is 0 Å². The molecule has 0 aliphatic carbocycles. The van der Waals surface area contributed by atoms with Crippen LogP contribution in [0.1, 0.15) is 6.92 Å². The van der Waals surface area contributed by atoms with Crippen LogP contribution in [0.4, 0.5) is 11.4 Å². The predicted molar refractivity (Wildman–Crippen MR) is 132 cm³/mol. The molecule has 2 amide bonds. The van der Waals surface area contributed by atoms with Crippen LogP contribution in [-0.4, -0.2) is 35.0 Å². The molecular weight excluding hydrogens is 414 g/mol. The zero-order chi connectivity index (χ0) is 24.0. The Morgan fingerprint density at radius 1 is 0.758 bits per heavy atom. The molecule has 1 N–H and O–H groups in total. The highest BCUT2D eigenvalue weighted by Crippen LogP contribution is 2.14. The molecule has 7 heteroatoms. The fourth-order valence-corrected chi connectivity index (χ4v) is 3.42. The van der Waals surface area contributed by atoms with Gasteiger partial charge in [0.05, 0.1) is 11.0 Å². The van der Waals surface area contributed by atoms with Gasteiger partial charge in [0.15, 0.2) is 0 Å². The largest absolute Gasteiger partial charge is 0.316 e. The van der Waals surface area contributed by atoms with E-state index in [2.05, 4.69) is 0 Å². The molecule has 7 nitrogen and oxygen atoms in total. The number of amides is 2. The minimum atomic E-state index is -0.0546. The van der Waals surface area contributed by atoms with E-state index in [1.165, 1.54) is 0 Å². The molecule has 0 radical (unpaired) electrons. The van der Waals surface area contributed by atoms with E-state index in [4.69, 9.17) is 5.41 Å². The lowest BCUT2D eigenvalue weighted by Crippen LogP contribution is -2.34. The molecule has 4 aromatic rings. The summed E-state index contributed by atoms with van der Waals surface area (Å²) >= 11 is 0. The Labute approximate surface area is 193 Å². The average Bonchev–Trinajstić information content (AvgIpc) is 3.09. The maximum atomic E-state index is 12.5. The summed E-state index contributed by atoms with van der Waals surface area (Å²) in [5.74, 6) is -0.00254. The fraction of sp³-hybridized carbons (Fsp3) is 0.192. The number of carbonyl (C=O) groups is 2. The number of hydrogen-bond donors (Lipinski definition) is 1. The SMILES string of the molecule is CC(=O)N(C)c1ccccc1.CN(C(=O)Cn1c(=N)n(C)c2ccccc21)c1ccccc1. The third-order valence-corrected chi connectivity index (χ3v) is 5.53. The maximum absolute atomic E-state index is 12.5. The second-order valence-electron chi connectivity index (χ2n) is 7.66. The van der Waals surface area contributed by atoms with E-state index >= 15 is 0 Å². The van der Waals surface area contributed by atoms with Crippen molar-refractivity contribution in [2.24, 2.45) is 7.05 Å². The lowest BCUT2D eigenvalue weighted by molar-refractivity contribution is -0.119. The van der Waals surface area contributed by atoms with Crippen molar-refractivity contribution in [1.29, 1.82) is 5.41 Å². The Kier molecular flexibility index (Phi) is 7.46. The Bertz CT molecular complexity index is 1290. The molecule has 0 aliphatic rings. The molecule has 0 spiro atoms. The van der Waals surface area contributed by atoms with Gasteiger partial charge in [-0.3, -0.25) is 15.0 Å². The van der Waals surface area contributed by atoms with Crippen molar-refractivity contribution in [2.45, 2.75) is 13.5 Å². The topological polar surface area (TPSA) is 74.3 Å². The minimum Gasteiger partial charge on any atom is -0.316 e. The van der Waals surface area contributed by atoms with Gasteiger partial charge < -0.3 is 18.9 Å². The average molecular weight is 444 g/mol. The van der Waals surface area contributed by atoms with Crippen molar-refractivity contribution in [1.82, 2.24) is 9.13 Å². The van der Waals surface area contributed by atoms with E-state index in [1.807, 2.05) is 92.0 Å². The van der Waals surface area contributed by atoms with Crippen LogP contribution in [0.3, 0.4) is 0 Å². The van der Waals surface area contributed by atoms with Crippen LogP contribution < -0.4 is 15.4 Å². The summed E-state index contributed by atoms with van der Waals surface area (Å²) in [5.41, 5.74) is 3.93. The number of likely N-dealkylation sites (N-methyl/N-ethyl adjacent to an activating group) is 1. The first-order valence-corrected chi connectivity index (χ1v) is 10.6. The summed E-state index contributed by atoms with van der Waals surface area (Å²) in [6.07, 6.45) is 0. The van der Waals surface area contributed by atoms with Gasteiger partial charge in [0.1, 0.15) is 6.54 Å². The summed E-state index contributed by atoms with van der Waals surface area (Å²) in [6.45, 7) is 1.69. The number of imidazole rings is 1. The van der Waals surface area contributed by atoms with Crippen LogP contribution in [0.2, 0.25) is 0 Å². The van der Waals surface area contributed by atoms with Crippen molar-refractivity contribution in [3.05, 3.63) is 90.5 Å². The number of hydrogen-bond acceptors (Lipinski definition) is 3. The lowest BCUT2D eigenvalue weighted by Gasteiger charge is -2.17. The standard InChI is InChI=1S/C17H18N4O.C9H11NO/c1-19(13-8-4-3-5-9-13)16(22)12-21-15-11-7-6-10-14(15)20(2)17(21)18;1-8(11)10(2)9-6-4-3-5-7-9/h3-11,18H,12H2,1-2H3;3-7H,1-2H3. The van der Waals surface area contributed by atoms with Gasteiger partial charge in [-0.1, -0.05) is 48.5 Å². The fourth-order valence-electron chi connectivity index (χ4n) is 3.42. The van der Waals surface area contributed by atoms with Crippen LogP contribution >= 0.6 is 0 Å². The number of aryl methyl sites for hydroxylation is 1. The molecule has 170 valence electrons. The van der Waals surface area contributed by atoms with Gasteiger partial charge >= 0.3 is 0 Å². The van der Waals surface area contributed by atoms with E-state index in [1.54, 1.807) is 40.0 Å². The van der Waals surface area contributed by atoms with Gasteiger partial charge in [0.25, 0.3) is 0 Å². The van der Waals surface area contributed by atoms with Crippen LogP contribution in [0.25, 0.3) is 11.0 Å². The van der Waals surface area contributed by atoms with Crippen molar-refractivity contribution in [3.63, 3.8) is 0 Å². The van der Waals surface area contributed by atoms with Crippen LogP contribution in [0.15, 0.2) is 84.9 Å². The third-order valence-electron chi connectivity index (χ3n) is 5.53. The third kappa shape index (κ3) is 5.38. The number of para-hydroxylation sites is 4. The number of rotatable bonds is 4. The zero-order valence-corrected chi connectivity index (χ0v) is 19.4. The first-order valence-electron chi connectivity index (χ1n) is 10.6. The van der Waals surface area contributed by atoms with E-state index in [-0.39, 0.29) is 18.4 Å². The summed E-state index contributed by atoms with van der Waals surface area (Å²) in [7, 11) is 5.36. The number of fused-ring (bicyclic) bond motifs is 1. The second-order valence-corrected chi connectivity index (χ2v) is 7.66. The maximum Gasteiger partial charge on any atom is 0.246 e. The summed E-state index contributed by atoms with van der Waals surface area (Å²) in [6, 6.07) is 26.8. The quantitative estimate of drug-likeness (QED) is 0.521. The Morgan fingerprint density at radius 3 is 1.73 bits per heavy atom. The monoisotopic (exact) mass is 443 g/mol. The van der Waals surface area contributed by atoms with Gasteiger partial charge in [-0.15, -0.1) is 0 Å². The van der Waals surface area contributed by atoms with Gasteiger partial charge in [-0.25, -0.2) is 0 Å². The predicted octanol–water partition coefficient (Wildman–Crippen LogP) is 3.79. The molecule has 0 saturated carbocycles. The number of benzene rings is 3. The zero-order valence-electron chi connectivity index (χ0n) is 19.4. The molecule has 4 rings (SSSR count). The molecule has 1 heterocycles. The van der Waals surface area contributed by atoms with Gasteiger partial charge in [-0.05, 0) is 36.4 Å². The van der Waals surface area contributed by atoms with Crippen molar-refractivity contribution >= 4 is 34.2 Å². The highest BCUT2D eigenvalue weighted by molar-refractivity contribution is 5.93. The van der Waals surface area contributed by atoms with E-state index in [0.717, 1.165) is 22.4 Å². The van der Waals surface area contributed by atoms with Gasteiger partial charge in [0.2, 0.25) is 17.4 Å². The normalized spacial score (nSPS) is 10.3. The lowest BCUT2D eigenvalue weighted by atomic mass is 10.3. The van der Waals surface area contributed by atoms with E-state index in [0.29, 0.717) is 5.62 Å². The minimum absolute atomic E-state index is 0.0520. The molecule has 1 aromatic heterocycles. The molecule has 0 unspecified atom stereocenters. The van der Waals surface area contributed by atoms with Gasteiger partial charge in [0, 0.05) is 39.4 Å². The molecule has 0 aliphatic heterocycles. The second kappa shape index (κ2) is 10.5. The van der Waals surface area contributed by atoms with Crippen molar-refractivity contribution in [3.8, 4) is 0 Å². The van der Waals surface area contributed by atoms with Crippen molar-refractivity contribution in [2.75, 3.05) is 23.9 Å². The highest BCUT2D eigenvalue weighted by Gasteiger charge is 2.15. The summed E-state index contributed by atoms with van der Waals surface area (Å²) < 4.78 is 3.52. The van der Waals surface area contributed by atoms with Gasteiger partial charge in [-0.2, -0.15) is 0 Å². The van der Waals surface area contributed by atoms with E-state index < -0.39 is 0 Å². The molecule has 0 atom stereocenters. The highest BCUT2D eigenvalue weighted by atomic mass is 16.2. The number of aromatic nitrogens is 2. The number of nitrogens with one attached hydrogen (secondary N) is 1. The summed E-state index contributed by atoms with van der Waals surface area (Å²) in [4.78, 5) is 26.6. The first kappa shape index (κ1) is 23.5. The molecule has 0 fully saturated rings. The molecule has 0 bridgehead atoms. The molecule has 3 aromatic carbocycles. The Hall–Kier alpha value is -4.13. The Morgan fingerprint density at radius 2 is 1.21 bits per heavy atom. The van der Waals surface area contributed by atoms with E-state index in [9.17, 15) is 9.59 Å². The summed E-state index contributed by atoms with van der Waals surface area (Å²) in [5, 5.41) is 8.22. The smallest absolute Gasteiger partial charge is 0.246 e. The number of carbonyl (C=O) groups excluding carboxylic acids is 2. The number of nitrogens with zero attached hydrogens (tertiary/aromatic N) is 4. The molecule has 0 saturated heterocycles. The van der Waals surface area contributed by atoms with Crippen molar-refractivity contribution < 1.29 is 9.59 Å². The molecular formula is C26H29N5O2. The first-order chi connectivity index (χ1) is 15.8. The Balaban J connectivity index is 0.000000235. The number of anilines is 2. The van der Waals surface area contributed by atoms with Crippen LogP contribution in [0, 0.1) is 5.41 Å². The van der Waals surface area contributed by atoms with Crippen LogP contribution in [-0.2, 0) is 23.2 Å². The molecule has 33 heavy (non-hydrogen) atoms.